The summed E-state index contributed by atoms with van der Waals surface area (Å²) in [5.41, 5.74) is 1.60. The standard InChI is InChI=1S/C18H12BrNO.ClH/c19-16-6-3-5-13(10-16)18(21)9-8-15-12-20-11-14-4-1-2-7-17(14)15;/h1-12H;1H/b9-8+;. The van der Waals surface area contributed by atoms with Crippen LogP contribution in [0.25, 0.3) is 16.8 Å². The van der Waals surface area contributed by atoms with Crippen LogP contribution in [0.1, 0.15) is 15.9 Å². The number of allylic oxidation sites excluding steroid dienone is 1. The molecule has 3 aromatic rings. The number of pyridine rings is 1. The molecule has 0 unspecified atom stereocenters. The minimum atomic E-state index is -0.0239. The van der Waals surface area contributed by atoms with Crippen LogP contribution < -0.4 is 0 Å². The molecule has 0 atom stereocenters. The lowest BCUT2D eigenvalue weighted by Crippen LogP contribution is -1.93. The minimum absolute atomic E-state index is 0. The Bertz CT molecular complexity index is 840. The van der Waals surface area contributed by atoms with E-state index in [0.29, 0.717) is 5.56 Å². The van der Waals surface area contributed by atoms with E-state index in [1.165, 1.54) is 0 Å². The number of hydrogen-bond donors (Lipinski definition) is 0. The summed E-state index contributed by atoms with van der Waals surface area (Å²) in [6, 6.07) is 15.4. The number of rotatable bonds is 3. The number of ketones is 1. The van der Waals surface area contributed by atoms with Crippen molar-refractivity contribution in [1.29, 1.82) is 0 Å². The van der Waals surface area contributed by atoms with Crippen molar-refractivity contribution in [3.05, 3.63) is 82.6 Å². The van der Waals surface area contributed by atoms with Crippen molar-refractivity contribution in [2.75, 3.05) is 0 Å². The number of fused-ring (bicyclic) bond motifs is 1. The maximum absolute atomic E-state index is 12.2. The van der Waals surface area contributed by atoms with Gasteiger partial charge < -0.3 is 0 Å². The zero-order chi connectivity index (χ0) is 14.7. The van der Waals surface area contributed by atoms with Crippen LogP contribution in [0.4, 0.5) is 0 Å². The third kappa shape index (κ3) is 3.62. The van der Waals surface area contributed by atoms with Crippen LogP contribution in [0, 0.1) is 0 Å². The third-order valence-corrected chi connectivity index (χ3v) is 3.72. The first-order chi connectivity index (χ1) is 10.2. The molecule has 110 valence electrons. The number of hydrogen-bond acceptors (Lipinski definition) is 2. The summed E-state index contributed by atoms with van der Waals surface area (Å²) in [7, 11) is 0. The lowest BCUT2D eigenvalue weighted by molar-refractivity contribution is 0.104. The molecule has 0 fully saturated rings. The molecule has 4 heteroatoms. The topological polar surface area (TPSA) is 30.0 Å². The highest BCUT2D eigenvalue weighted by Crippen LogP contribution is 2.19. The lowest BCUT2D eigenvalue weighted by atomic mass is 10.1. The Morgan fingerprint density at radius 1 is 1.05 bits per heavy atom. The average Bonchev–Trinajstić information content (AvgIpc) is 2.52. The number of aromatic nitrogens is 1. The predicted molar refractivity (Wildman–Crippen MR) is 96.5 cm³/mol. The van der Waals surface area contributed by atoms with E-state index in [0.717, 1.165) is 20.8 Å². The maximum atomic E-state index is 12.2. The first-order valence-corrected chi connectivity index (χ1v) is 7.34. The molecule has 0 amide bonds. The molecule has 2 nitrogen and oxygen atoms in total. The van der Waals surface area contributed by atoms with Gasteiger partial charge in [-0.25, -0.2) is 0 Å². The van der Waals surface area contributed by atoms with Crippen LogP contribution in [-0.4, -0.2) is 10.8 Å². The first kappa shape index (κ1) is 16.4. The van der Waals surface area contributed by atoms with E-state index in [4.69, 9.17) is 0 Å². The number of carbonyl (C=O) groups is 1. The molecule has 0 saturated carbocycles. The van der Waals surface area contributed by atoms with Gasteiger partial charge in [-0.15, -0.1) is 12.4 Å². The lowest BCUT2D eigenvalue weighted by Gasteiger charge is -2.01. The second-order valence-electron chi connectivity index (χ2n) is 4.66. The smallest absolute Gasteiger partial charge is 0.185 e. The number of benzene rings is 2. The normalized spacial score (nSPS) is 10.6. The van der Waals surface area contributed by atoms with Crippen molar-refractivity contribution in [2.24, 2.45) is 0 Å². The second kappa shape index (κ2) is 7.34. The molecule has 0 aliphatic carbocycles. The summed E-state index contributed by atoms with van der Waals surface area (Å²) in [5, 5.41) is 2.15. The fourth-order valence-electron chi connectivity index (χ4n) is 2.18. The molecule has 0 bridgehead atoms. The molecule has 0 saturated heterocycles. The van der Waals surface area contributed by atoms with Crippen molar-refractivity contribution in [3.8, 4) is 0 Å². The van der Waals surface area contributed by atoms with Gasteiger partial charge in [-0.3, -0.25) is 9.78 Å². The van der Waals surface area contributed by atoms with Gasteiger partial charge in [0.1, 0.15) is 0 Å². The van der Waals surface area contributed by atoms with Crippen molar-refractivity contribution < 1.29 is 4.79 Å². The van der Waals surface area contributed by atoms with Crippen LogP contribution >= 0.6 is 28.3 Å². The fourth-order valence-corrected chi connectivity index (χ4v) is 2.58. The Morgan fingerprint density at radius 2 is 1.86 bits per heavy atom. The molecule has 0 N–H and O–H groups in total. The monoisotopic (exact) mass is 373 g/mol. The van der Waals surface area contributed by atoms with Crippen LogP contribution in [-0.2, 0) is 0 Å². The van der Waals surface area contributed by atoms with Gasteiger partial charge in [0.05, 0.1) is 0 Å². The molecule has 0 aliphatic heterocycles. The highest BCUT2D eigenvalue weighted by molar-refractivity contribution is 9.10. The van der Waals surface area contributed by atoms with Gasteiger partial charge in [0.25, 0.3) is 0 Å². The van der Waals surface area contributed by atoms with E-state index in [1.807, 2.05) is 54.7 Å². The zero-order valence-corrected chi connectivity index (χ0v) is 14.0. The molecule has 0 spiro atoms. The molecule has 22 heavy (non-hydrogen) atoms. The Morgan fingerprint density at radius 3 is 2.68 bits per heavy atom. The quantitative estimate of drug-likeness (QED) is 0.459. The van der Waals surface area contributed by atoms with E-state index in [1.54, 1.807) is 18.3 Å². The number of nitrogens with zero attached hydrogens (tertiary/aromatic N) is 1. The predicted octanol–water partition coefficient (Wildman–Crippen LogP) is 5.32. The van der Waals surface area contributed by atoms with Crippen LogP contribution in [0.3, 0.4) is 0 Å². The minimum Gasteiger partial charge on any atom is -0.289 e. The van der Waals surface area contributed by atoms with Crippen molar-refractivity contribution in [2.45, 2.75) is 0 Å². The molecule has 0 radical (unpaired) electrons. The van der Waals surface area contributed by atoms with Crippen LogP contribution in [0.2, 0.25) is 0 Å². The largest absolute Gasteiger partial charge is 0.289 e. The maximum Gasteiger partial charge on any atom is 0.185 e. The Balaban J connectivity index is 0.00000176. The van der Waals surface area contributed by atoms with Crippen molar-refractivity contribution >= 4 is 51.0 Å². The SMILES string of the molecule is Cl.O=C(/C=C/c1cncc2ccccc12)c1cccc(Br)c1. The Kier molecular flexibility index (Phi) is 5.47. The molecule has 1 aromatic heterocycles. The van der Waals surface area contributed by atoms with Gasteiger partial charge in [0.2, 0.25) is 0 Å². The van der Waals surface area contributed by atoms with Gasteiger partial charge in [0, 0.05) is 33.4 Å². The fraction of sp³-hybridized carbons (Fsp3) is 0. The number of halogens is 2. The first-order valence-electron chi connectivity index (χ1n) is 6.55. The molecule has 0 aliphatic rings. The summed E-state index contributed by atoms with van der Waals surface area (Å²) in [5.74, 6) is -0.0239. The summed E-state index contributed by atoms with van der Waals surface area (Å²) >= 11 is 3.37. The van der Waals surface area contributed by atoms with Gasteiger partial charge >= 0.3 is 0 Å². The third-order valence-electron chi connectivity index (χ3n) is 3.22. The summed E-state index contributed by atoms with van der Waals surface area (Å²) in [6.07, 6.45) is 7.00. The van der Waals surface area contributed by atoms with Crippen LogP contribution in [0.5, 0.6) is 0 Å². The summed E-state index contributed by atoms with van der Waals surface area (Å²) < 4.78 is 0.897. The van der Waals surface area contributed by atoms with E-state index in [9.17, 15) is 4.79 Å². The van der Waals surface area contributed by atoms with Gasteiger partial charge in [0.15, 0.2) is 5.78 Å². The van der Waals surface area contributed by atoms with Gasteiger partial charge in [-0.2, -0.15) is 0 Å². The molecule has 3 rings (SSSR count). The number of carbonyl (C=O) groups excluding carboxylic acids is 1. The molecular weight excluding hydrogens is 362 g/mol. The van der Waals surface area contributed by atoms with E-state index >= 15 is 0 Å². The zero-order valence-electron chi connectivity index (χ0n) is 11.6. The second-order valence-corrected chi connectivity index (χ2v) is 5.57. The Hall–Kier alpha value is -1.97. The summed E-state index contributed by atoms with van der Waals surface area (Å²) in [6.45, 7) is 0. The van der Waals surface area contributed by atoms with Crippen molar-refractivity contribution in [1.82, 2.24) is 4.98 Å². The highest BCUT2D eigenvalue weighted by Gasteiger charge is 2.03. The Labute approximate surface area is 143 Å². The van der Waals surface area contributed by atoms with E-state index in [2.05, 4.69) is 20.9 Å². The molecule has 1 heterocycles. The van der Waals surface area contributed by atoms with E-state index in [-0.39, 0.29) is 18.2 Å². The van der Waals surface area contributed by atoms with Crippen molar-refractivity contribution in [3.63, 3.8) is 0 Å². The van der Waals surface area contributed by atoms with E-state index < -0.39 is 0 Å². The summed E-state index contributed by atoms with van der Waals surface area (Å²) in [4.78, 5) is 16.4. The molecular formula is C18H13BrClNO. The highest BCUT2D eigenvalue weighted by atomic mass is 79.9. The molecule has 2 aromatic carbocycles. The van der Waals surface area contributed by atoms with Crippen LogP contribution in [0.15, 0.2) is 71.5 Å². The van der Waals surface area contributed by atoms with Gasteiger partial charge in [-0.05, 0) is 29.7 Å². The van der Waals surface area contributed by atoms with Gasteiger partial charge in [-0.1, -0.05) is 52.3 Å². The average molecular weight is 375 g/mol.